The lowest BCUT2D eigenvalue weighted by molar-refractivity contribution is -0.152. The molecular weight excluding hydrogens is 307 g/mol. The van der Waals surface area contributed by atoms with Crippen molar-refractivity contribution < 1.29 is 22.7 Å². The minimum Gasteiger partial charge on any atom is -0.508 e. The smallest absolute Gasteiger partial charge is 0.450 e. The van der Waals surface area contributed by atoms with Crippen molar-refractivity contribution in [2.45, 2.75) is 6.18 Å². The highest BCUT2D eigenvalue weighted by molar-refractivity contribution is 7.07. The zero-order chi connectivity index (χ0) is 15.2. The Hall–Kier alpha value is -2.35. The van der Waals surface area contributed by atoms with E-state index >= 15 is 0 Å². The lowest BCUT2D eigenvalue weighted by Crippen LogP contribution is -2.16. The van der Waals surface area contributed by atoms with E-state index < -0.39 is 22.9 Å². The number of nitrogens with zero attached hydrogens (tertiary/aromatic N) is 1. The monoisotopic (exact) mass is 313 g/mol. The third-order valence-electron chi connectivity index (χ3n) is 2.82. The molecule has 3 rings (SSSR count). The molecule has 2 heterocycles. The van der Waals surface area contributed by atoms with Gasteiger partial charge in [-0.2, -0.15) is 13.2 Å². The Morgan fingerprint density at radius 3 is 2.67 bits per heavy atom. The number of aromatic nitrogens is 1. The number of phenolic OH excluding ortho intramolecular Hbond substituents is 1. The summed E-state index contributed by atoms with van der Waals surface area (Å²) in [6, 6.07) is 3.39. The van der Waals surface area contributed by atoms with E-state index in [0.717, 1.165) is 17.4 Å². The third kappa shape index (κ3) is 2.27. The molecule has 1 N–H and O–H groups in total. The number of rotatable bonds is 1. The van der Waals surface area contributed by atoms with Crippen LogP contribution in [-0.4, -0.2) is 10.1 Å². The Labute approximate surface area is 119 Å². The molecule has 0 atom stereocenters. The number of hydrogen-bond donors (Lipinski definition) is 1. The lowest BCUT2D eigenvalue weighted by atomic mass is 10.1. The fraction of sp³-hybridized carbons (Fsp3) is 0.0769. The van der Waals surface area contributed by atoms with Crippen molar-refractivity contribution in [3.8, 4) is 17.0 Å². The van der Waals surface area contributed by atoms with Gasteiger partial charge in [-0.15, -0.1) is 11.3 Å². The maximum absolute atomic E-state index is 13.1. The second-order valence-electron chi connectivity index (χ2n) is 4.19. The molecule has 0 aliphatic carbocycles. The predicted octanol–water partition coefficient (Wildman–Crippen LogP) is 3.64. The first kappa shape index (κ1) is 13.6. The first-order valence-corrected chi connectivity index (χ1v) is 6.58. The Balaban J connectivity index is 2.47. The summed E-state index contributed by atoms with van der Waals surface area (Å²) in [6.07, 6.45) is -4.85. The van der Waals surface area contributed by atoms with Crippen LogP contribution in [0.1, 0.15) is 5.76 Å². The molecule has 21 heavy (non-hydrogen) atoms. The first-order valence-electron chi connectivity index (χ1n) is 5.63. The molecule has 0 aliphatic heterocycles. The van der Waals surface area contributed by atoms with Crippen molar-refractivity contribution >= 4 is 22.3 Å². The zero-order valence-electron chi connectivity index (χ0n) is 10.1. The summed E-state index contributed by atoms with van der Waals surface area (Å²) in [7, 11) is 0. The third-order valence-corrected chi connectivity index (χ3v) is 3.41. The molecule has 0 fully saturated rings. The number of phenols is 1. The summed E-state index contributed by atoms with van der Waals surface area (Å²) in [6.45, 7) is 0. The van der Waals surface area contributed by atoms with Crippen molar-refractivity contribution in [3.63, 3.8) is 0 Å². The molecule has 0 unspecified atom stereocenters. The average Bonchev–Trinajstić information content (AvgIpc) is 2.90. The van der Waals surface area contributed by atoms with Crippen molar-refractivity contribution in [3.05, 3.63) is 45.1 Å². The normalized spacial score (nSPS) is 12.0. The summed E-state index contributed by atoms with van der Waals surface area (Å²) in [5, 5.41) is 10.6. The molecule has 0 bridgehead atoms. The molecule has 3 aromatic rings. The van der Waals surface area contributed by atoms with Gasteiger partial charge in [0.2, 0.25) is 11.2 Å². The van der Waals surface area contributed by atoms with Gasteiger partial charge < -0.3 is 9.52 Å². The van der Waals surface area contributed by atoms with Gasteiger partial charge in [-0.3, -0.25) is 4.79 Å². The summed E-state index contributed by atoms with van der Waals surface area (Å²) < 4.78 is 44.2. The van der Waals surface area contributed by atoms with Gasteiger partial charge in [0.05, 0.1) is 22.2 Å². The van der Waals surface area contributed by atoms with Crippen LogP contribution < -0.4 is 5.43 Å². The number of alkyl halides is 3. The number of aromatic hydroxyl groups is 1. The molecule has 2 aromatic heterocycles. The highest BCUT2D eigenvalue weighted by Crippen LogP contribution is 2.37. The molecule has 0 saturated heterocycles. The number of halogens is 3. The van der Waals surface area contributed by atoms with E-state index in [1.807, 2.05) is 0 Å². The predicted molar refractivity (Wildman–Crippen MR) is 70.3 cm³/mol. The largest absolute Gasteiger partial charge is 0.508 e. The zero-order valence-corrected chi connectivity index (χ0v) is 11.0. The van der Waals surface area contributed by atoms with E-state index in [9.17, 15) is 23.1 Å². The second kappa shape index (κ2) is 4.59. The van der Waals surface area contributed by atoms with E-state index in [1.54, 1.807) is 0 Å². The highest BCUT2D eigenvalue weighted by Gasteiger charge is 2.39. The standard InChI is InChI=1S/C13H6F3NO3S/c14-13(15,16)12-10(8-4-21-5-17-8)11(19)7-2-1-6(18)3-9(7)20-12/h1-5,18H. The van der Waals surface area contributed by atoms with Crippen molar-refractivity contribution in [1.82, 2.24) is 4.98 Å². The molecule has 0 radical (unpaired) electrons. The van der Waals surface area contributed by atoms with Crippen LogP contribution in [-0.2, 0) is 6.18 Å². The van der Waals surface area contributed by atoms with Crippen LogP contribution >= 0.6 is 11.3 Å². The quantitative estimate of drug-likeness (QED) is 0.745. The molecule has 1 aromatic carbocycles. The van der Waals surface area contributed by atoms with Crippen molar-refractivity contribution in [1.29, 1.82) is 0 Å². The van der Waals surface area contributed by atoms with Gasteiger partial charge in [0, 0.05) is 11.4 Å². The van der Waals surface area contributed by atoms with Gasteiger partial charge in [-0.25, -0.2) is 4.98 Å². The van der Waals surface area contributed by atoms with Gasteiger partial charge in [0.25, 0.3) is 0 Å². The Kier molecular flexibility index (Phi) is 2.98. The Morgan fingerprint density at radius 1 is 1.29 bits per heavy atom. The van der Waals surface area contributed by atoms with Gasteiger partial charge in [-0.1, -0.05) is 0 Å². The molecule has 108 valence electrons. The topological polar surface area (TPSA) is 63.3 Å². The maximum atomic E-state index is 13.1. The van der Waals surface area contributed by atoms with E-state index in [4.69, 9.17) is 4.42 Å². The average molecular weight is 313 g/mol. The minimum absolute atomic E-state index is 0.0520. The number of fused-ring (bicyclic) bond motifs is 1. The molecule has 0 aliphatic rings. The van der Waals surface area contributed by atoms with Crippen LogP contribution in [0.15, 0.2) is 38.3 Å². The van der Waals surface area contributed by atoms with E-state index in [2.05, 4.69) is 4.98 Å². The van der Waals surface area contributed by atoms with Crippen LogP contribution in [0, 0.1) is 0 Å². The van der Waals surface area contributed by atoms with Crippen LogP contribution in [0.3, 0.4) is 0 Å². The number of benzene rings is 1. The minimum atomic E-state index is -4.85. The molecule has 0 spiro atoms. The van der Waals surface area contributed by atoms with Gasteiger partial charge in [-0.05, 0) is 12.1 Å². The number of thiazole rings is 1. The molecule has 4 nitrogen and oxygen atoms in total. The van der Waals surface area contributed by atoms with Crippen LogP contribution in [0.2, 0.25) is 0 Å². The summed E-state index contributed by atoms with van der Waals surface area (Å²) in [4.78, 5) is 16.1. The Morgan fingerprint density at radius 2 is 2.05 bits per heavy atom. The van der Waals surface area contributed by atoms with Gasteiger partial charge >= 0.3 is 6.18 Å². The first-order chi connectivity index (χ1) is 9.88. The molecular formula is C13H6F3NO3S. The van der Waals surface area contributed by atoms with Crippen LogP contribution in [0.5, 0.6) is 5.75 Å². The lowest BCUT2D eigenvalue weighted by Gasteiger charge is -2.11. The van der Waals surface area contributed by atoms with Gasteiger partial charge in [0.1, 0.15) is 11.3 Å². The molecule has 0 saturated carbocycles. The van der Waals surface area contributed by atoms with E-state index in [1.165, 1.54) is 23.0 Å². The van der Waals surface area contributed by atoms with Crippen molar-refractivity contribution in [2.24, 2.45) is 0 Å². The van der Waals surface area contributed by atoms with E-state index in [0.29, 0.717) is 0 Å². The van der Waals surface area contributed by atoms with Gasteiger partial charge in [0.15, 0.2) is 0 Å². The van der Waals surface area contributed by atoms with Crippen molar-refractivity contribution in [2.75, 3.05) is 0 Å². The SMILES string of the molecule is O=c1c(-c2cscn2)c(C(F)(F)F)oc2cc(O)ccc12. The summed E-state index contributed by atoms with van der Waals surface area (Å²) in [5.74, 6) is -1.71. The Bertz CT molecular complexity index is 869. The van der Waals surface area contributed by atoms with Crippen LogP contribution in [0.4, 0.5) is 13.2 Å². The fourth-order valence-electron chi connectivity index (χ4n) is 1.95. The second-order valence-corrected chi connectivity index (χ2v) is 4.91. The highest BCUT2D eigenvalue weighted by atomic mass is 32.1. The fourth-order valence-corrected chi connectivity index (χ4v) is 2.49. The summed E-state index contributed by atoms with van der Waals surface area (Å²) >= 11 is 1.07. The van der Waals surface area contributed by atoms with E-state index in [-0.39, 0.29) is 22.4 Å². The number of hydrogen-bond acceptors (Lipinski definition) is 5. The maximum Gasteiger partial charge on any atom is 0.450 e. The summed E-state index contributed by atoms with van der Waals surface area (Å²) in [5.41, 5.74) is -0.547. The molecule has 8 heteroatoms. The van der Waals surface area contributed by atoms with Crippen LogP contribution in [0.25, 0.3) is 22.2 Å². The molecule has 0 amide bonds.